The number of alkyl carbamates (subject to hydrolysis) is 1. The maximum Gasteiger partial charge on any atom is 0.407 e. The number of aromatic nitrogens is 2. The molecule has 2 aliphatic carbocycles. The van der Waals surface area contributed by atoms with Crippen molar-refractivity contribution in [2.24, 2.45) is 35.0 Å². The van der Waals surface area contributed by atoms with Crippen molar-refractivity contribution >= 4 is 46.9 Å². The Labute approximate surface area is 358 Å². The van der Waals surface area contributed by atoms with Crippen LogP contribution in [0.1, 0.15) is 121 Å². The zero-order valence-corrected chi connectivity index (χ0v) is 36.0. The highest BCUT2D eigenvalue weighted by Gasteiger charge is 2.45. The molecule has 3 fully saturated rings. The normalized spacial score (nSPS) is 19.5. The van der Waals surface area contributed by atoms with E-state index in [1.165, 1.54) is 23.5 Å². The van der Waals surface area contributed by atoms with Crippen molar-refractivity contribution in [3.8, 4) is 0 Å². The first kappa shape index (κ1) is 46.7. The van der Waals surface area contributed by atoms with Crippen LogP contribution in [0.3, 0.4) is 0 Å². The van der Waals surface area contributed by atoms with Gasteiger partial charge in [-0.15, -0.1) is 0 Å². The highest BCUT2D eigenvalue weighted by molar-refractivity contribution is 6.38. The number of carbonyl (C=O) groups is 8. The molecule has 1 saturated heterocycles. The number of rotatable bonds is 21. The molecule has 2 saturated carbocycles. The molecule has 2 heterocycles. The number of ether oxygens (including phenoxy) is 1. The van der Waals surface area contributed by atoms with Gasteiger partial charge in [0.2, 0.25) is 17.6 Å². The lowest BCUT2D eigenvalue weighted by Crippen LogP contribution is -2.51. The van der Waals surface area contributed by atoms with Crippen molar-refractivity contribution in [3.05, 3.63) is 60.2 Å². The summed E-state index contributed by atoms with van der Waals surface area (Å²) in [5, 5.41) is 8.38. The van der Waals surface area contributed by atoms with Crippen LogP contribution in [0.4, 0.5) is 4.79 Å². The fraction of sp³-hybridized carbons (Fsp3) is 0.609. The van der Waals surface area contributed by atoms with Crippen LogP contribution in [0.5, 0.6) is 0 Å². The van der Waals surface area contributed by atoms with Gasteiger partial charge in [-0.3, -0.25) is 38.5 Å². The molecule has 330 valence electrons. The average Bonchev–Trinajstić information content (AvgIpc) is 3.97. The Morgan fingerprint density at radius 2 is 1.62 bits per heavy atom. The predicted molar refractivity (Wildman–Crippen MR) is 224 cm³/mol. The summed E-state index contributed by atoms with van der Waals surface area (Å²) in [5.74, 6) is -5.78. The number of likely N-dealkylation sites (tertiary alicyclic amines) is 1. The van der Waals surface area contributed by atoms with Crippen molar-refractivity contribution < 1.29 is 43.1 Å². The highest BCUT2D eigenvalue weighted by Crippen LogP contribution is 2.35. The molecule has 0 bridgehead atoms. The summed E-state index contributed by atoms with van der Waals surface area (Å²) in [6, 6.07) is 7.30. The molecule has 5 atom stereocenters. The van der Waals surface area contributed by atoms with Gasteiger partial charge >= 0.3 is 6.09 Å². The highest BCUT2D eigenvalue weighted by atomic mass is 16.5. The van der Waals surface area contributed by atoms with Gasteiger partial charge in [-0.25, -0.2) is 9.78 Å². The van der Waals surface area contributed by atoms with Gasteiger partial charge in [0.1, 0.15) is 24.6 Å². The lowest BCUT2D eigenvalue weighted by molar-refractivity contribution is -0.140. The predicted octanol–water partition coefficient (Wildman–Crippen LogP) is 4.96. The quantitative estimate of drug-likeness (QED) is 0.143. The number of amides is 4. The van der Waals surface area contributed by atoms with E-state index in [0.29, 0.717) is 12.8 Å². The Balaban J connectivity index is 1.32. The van der Waals surface area contributed by atoms with Gasteiger partial charge in [0.15, 0.2) is 11.6 Å². The summed E-state index contributed by atoms with van der Waals surface area (Å²) in [5.41, 5.74) is 0.0973. The second-order valence-electron chi connectivity index (χ2n) is 18.1. The van der Waals surface area contributed by atoms with Gasteiger partial charge in [-0.1, -0.05) is 83.7 Å². The maximum absolute atomic E-state index is 14.4. The van der Waals surface area contributed by atoms with E-state index in [0.717, 1.165) is 50.5 Å². The van der Waals surface area contributed by atoms with Crippen LogP contribution in [0, 0.1) is 35.0 Å². The third-order valence-corrected chi connectivity index (χ3v) is 12.2. The zero-order valence-electron chi connectivity index (χ0n) is 36.0. The van der Waals surface area contributed by atoms with Crippen molar-refractivity contribution in [2.45, 2.75) is 123 Å². The van der Waals surface area contributed by atoms with E-state index >= 15 is 0 Å². The number of nitrogens with one attached hydrogen (secondary N) is 3. The van der Waals surface area contributed by atoms with E-state index in [9.17, 15) is 38.4 Å². The molecule has 2 unspecified atom stereocenters. The number of carbonyl (C=O) groups excluding carboxylic acids is 8. The van der Waals surface area contributed by atoms with Gasteiger partial charge in [0, 0.05) is 56.6 Å². The lowest BCUT2D eigenvalue weighted by atomic mass is 9.74. The van der Waals surface area contributed by atoms with Crippen LogP contribution >= 0.6 is 0 Å². The molecule has 3 N–H and O–H groups in total. The van der Waals surface area contributed by atoms with E-state index in [1.807, 2.05) is 45.9 Å². The fourth-order valence-corrected chi connectivity index (χ4v) is 8.46. The van der Waals surface area contributed by atoms with E-state index < -0.39 is 77.2 Å². The largest absolute Gasteiger partial charge is 0.445 e. The minimum atomic E-state index is -0.929. The van der Waals surface area contributed by atoms with E-state index in [-0.39, 0.29) is 68.1 Å². The number of benzene rings is 1. The van der Waals surface area contributed by atoms with Crippen LogP contribution in [-0.2, 0) is 40.1 Å². The first-order valence-electron chi connectivity index (χ1n) is 21.9. The number of Topliss-reactive ketones (excluding diaryl/α,β-unsaturated/α-hetero) is 4. The number of ketones is 4. The van der Waals surface area contributed by atoms with Gasteiger partial charge < -0.3 is 25.6 Å². The van der Waals surface area contributed by atoms with Crippen molar-refractivity contribution in [1.82, 2.24) is 30.8 Å². The summed E-state index contributed by atoms with van der Waals surface area (Å²) in [6.45, 7) is 6.81. The monoisotopic (exact) mass is 842 g/mol. The number of hydrogen-bond acceptors (Lipinski definition) is 11. The lowest BCUT2D eigenvalue weighted by Gasteiger charge is -2.34. The molecule has 3 aliphatic rings. The maximum atomic E-state index is 14.4. The minimum Gasteiger partial charge on any atom is -0.445 e. The van der Waals surface area contributed by atoms with Crippen LogP contribution in [0.15, 0.2) is 48.9 Å². The molecule has 61 heavy (non-hydrogen) atoms. The molecule has 1 aromatic heterocycles. The Hall–Kier alpha value is -5.34. The van der Waals surface area contributed by atoms with E-state index in [4.69, 9.17) is 4.74 Å². The standard InChI is InChI=1S/C46H62N6O9/c1-5-12-32(42(57)39(55)21-29-17-18-29)22-37(53)33-26-52(40(56)25-49-45(60)61-28-30-13-8-6-9-14-30)27-36(33)50-43(58)34(46(2,3)4)23-38(54)41(31-15-10-7-11-16-31)51-44(59)35-24-47-19-20-48-35/h6,8-9,13-14,19-20,24,29,31-34,36,41H,5,7,10-12,15-18,21-23,25-28H2,1-4H3,(H,49,60)(H,50,58)(H,51,59)/t32?,33-,34?,36+,41+/m1/s1. The summed E-state index contributed by atoms with van der Waals surface area (Å²) in [7, 11) is 0. The summed E-state index contributed by atoms with van der Waals surface area (Å²) in [6.07, 6.45) is 10.2. The molecule has 2 aromatic rings. The molecule has 0 radical (unpaired) electrons. The Kier molecular flexibility index (Phi) is 16.8. The smallest absolute Gasteiger partial charge is 0.407 e. The zero-order chi connectivity index (χ0) is 44.1. The first-order chi connectivity index (χ1) is 29.1. The molecular weight excluding hydrogens is 781 g/mol. The molecular formula is C46H62N6O9. The minimum absolute atomic E-state index is 0.00298. The third-order valence-electron chi connectivity index (χ3n) is 12.2. The Bertz CT molecular complexity index is 1870. The number of nitrogens with zero attached hydrogens (tertiary/aromatic N) is 3. The average molecular weight is 843 g/mol. The summed E-state index contributed by atoms with van der Waals surface area (Å²) in [4.78, 5) is 118. The summed E-state index contributed by atoms with van der Waals surface area (Å²) < 4.78 is 5.25. The Morgan fingerprint density at radius 3 is 2.26 bits per heavy atom. The van der Waals surface area contributed by atoms with Gasteiger partial charge in [-0.2, -0.15) is 0 Å². The molecule has 15 heteroatoms. The molecule has 0 spiro atoms. The van der Waals surface area contributed by atoms with E-state index in [1.54, 1.807) is 12.1 Å². The Morgan fingerprint density at radius 1 is 0.902 bits per heavy atom. The summed E-state index contributed by atoms with van der Waals surface area (Å²) >= 11 is 0. The fourth-order valence-electron chi connectivity index (χ4n) is 8.46. The first-order valence-corrected chi connectivity index (χ1v) is 21.9. The van der Waals surface area contributed by atoms with Gasteiger partial charge in [0.05, 0.1) is 24.2 Å². The molecule has 1 aliphatic heterocycles. The van der Waals surface area contributed by atoms with Crippen LogP contribution in [0.25, 0.3) is 0 Å². The van der Waals surface area contributed by atoms with Gasteiger partial charge in [0.25, 0.3) is 5.91 Å². The molecule has 5 rings (SSSR count). The van der Waals surface area contributed by atoms with Crippen molar-refractivity contribution in [3.63, 3.8) is 0 Å². The van der Waals surface area contributed by atoms with Crippen LogP contribution in [0.2, 0.25) is 0 Å². The van der Waals surface area contributed by atoms with Crippen molar-refractivity contribution in [2.75, 3.05) is 19.6 Å². The second-order valence-corrected chi connectivity index (χ2v) is 18.1. The molecule has 1 aromatic carbocycles. The SMILES string of the molecule is CCCC(CC(=O)[C@@H]1CN(C(=O)CNC(=O)OCc2ccccc2)C[C@@H]1NC(=O)C(CC(=O)[C@@H](NC(=O)c1cnccn1)C1CCCCC1)C(C)(C)C)C(=O)C(=O)CC1CC1. The van der Waals surface area contributed by atoms with Gasteiger partial charge in [-0.05, 0) is 54.9 Å². The van der Waals surface area contributed by atoms with Crippen LogP contribution in [-0.4, -0.2) is 93.5 Å². The molecule has 15 nitrogen and oxygen atoms in total. The number of hydrogen-bond donors (Lipinski definition) is 3. The third kappa shape index (κ3) is 13.8. The topological polar surface area (TPSA) is 211 Å². The second kappa shape index (κ2) is 22.0. The van der Waals surface area contributed by atoms with E-state index in [2.05, 4.69) is 25.9 Å². The van der Waals surface area contributed by atoms with Crippen LogP contribution < -0.4 is 16.0 Å². The molecule has 4 amide bonds. The van der Waals surface area contributed by atoms with Crippen molar-refractivity contribution in [1.29, 1.82) is 0 Å².